The molecule has 0 fully saturated rings. The van der Waals surface area contributed by atoms with Crippen molar-refractivity contribution in [1.29, 1.82) is 0 Å². The number of rotatable bonds is 6. The van der Waals surface area contributed by atoms with Gasteiger partial charge in [0.2, 0.25) is 0 Å². The summed E-state index contributed by atoms with van der Waals surface area (Å²) in [7, 11) is -2.42. The van der Waals surface area contributed by atoms with Gasteiger partial charge < -0.3 is 9.84 Å². The summed E-state index contributed by atoms with van der Waals surface area (Å²) in [6.45, 7) is 0. The van der Waals surface area contributed by atoms with Gasteiger partial charge in [0.25, 0.3) is 10.0 Å². The fourth-order valence-electron chi connectivity index (χ4n) is 2.42. The van der Waals surface area contributed by atoms with Crippen molar-refractivity contribution in [3.8, 4) is 11.5 Å². The Bertz CT molecular complexity index is 1130. The predicted molar refractivity (Wildman–Crippen MR) is 111 cm³/mol. The normalized spacial score (nSPS) is 11.5. The van der Waals surface area contributed by atoms with Crippen LogP contribution >= 0.6 is 11.6 Å². The fraction of sp³-hybridized carbons (Fsp3) is 0.0500. The molecule has 3 aromatic rings. The Labute approximate surface area is 168 Å². The Kier molecular flexibility index (Phi) is 5.87. The highest BCUT2D eigenvalue weighted by Crippen LogP contribution is 2.32. The van der Waals surface area contributed by atoms with Gasteiger partial charge in [0, 0.05) is 11.8 Å². The first-order chi connectivity index (χ1) is 13.4. The van der Waals surface area contributed by atoms with Crippen LogP contribution in [-0.4, -0.2) is 26.8 Å². The maximum atomic E-state index is 12.7. The molecule has 144 valence electrons. The molecule has 0 saturated carbocycles. The smallest absolute Gasteiger partial charge is 0.262 e. The Morgan fingerprint density at radius 2 is 1.79 bits per heavy atom. The zero-order valence-corrected chi connectivity index (χ0v) is 16.4. The van der Waals surface area contributed by atoms with Crippen molar-refractivity contribution in [2.45, 2.75) is 4.90 Å². The first-order valence-corrected chi connectivity index (χ1v) is 10.0. The first-order valence-electron chi connectivity index (χ1n) is 8.18. The number of aromatic hydroxyl groups is 1. The van der Waals surface area contributed by atoms with E-state index in [1.807, 2.05) is 0 Å². The van der Waals surface area contributed by atoms with Crippen molar-refractivity contribution in [2.75, 3.05) is 11.8 Å². The zero-order valence-electron chi connectivity index (χ0n) is 14.8. The number of phenols is 1. The van der Waals surface area contributed by atoms with E-state index in [0.29, 0.717) is 17.0 Å². The van der Waals surface area contributed by atoms with Crippen LogP contribution in [0.15, 0.2) is 76.6 Å². The van der Waals surface area contributed by atoms with E-state index in [1.165, 1.54) is 37.6 Å². The molecule has 0 atom stereocenters. The number of hydrogen-bond acceptors (Lipinski definition) is 5. The van der Waals surface area contributed by atoms with Gasteiger partial charge in [-0.2, -0.15) is 0 Å². The molecule has 0 radical (unpaired) electrons. The monoisotopic (exact) mass is 416 g/mol. The van der Waals surface area contributed by atoms with E-state index in [-0.39, 0.29) is 21.4 Å². The minimum Gasteiger partial charge on any atom is -0.507 e. The number of nitrogens with one attached hydrogen (secondary N) is 1. The van der Waals surface area contributed by atoms with Crippen molar-refractivity contribution < 1.29 is 18.3 Å². The number of sulfonamides is 1. The number of phenolic OH excluding ortho intramolecular Hbond substituents is 1. The molecule has 0 aliphatic rings. The molecule has 28 heavy (non-hydrogen) atoms. The second-order valence-corrected chi connectivity index (χ2v) is 7.83. The average Bonchev–Trinajstić information content (AvgIpc) is 2.69. The highest BCUT2D eigenvalue weighted by atomic mass is 35.5. The molecule has 0 unspecified atom stereocenters. The number of aliphatic imine (C=N–C) groups is 1. The van der Waals surface area contributed by atoms with Crippen LogP contribution in [0, 0.1) is 0 Å². The molecule has 0 aromatic heterocycles. The molecule has 0 heterocycles. The highest BCUT2D eigenvalue weighted by Gasteiger charge is 2.17. The number of methoxy groups -OCH3 is 1. The Morgan fingerprint density at radius 3 is 2.50 bits per heavy atom. The molecule has 3 rings (SSSR count). The second-order valence-electron chi connectivity index (χ2n) is 5.74. The fourth-order valence-corrected chi connectivity index (χ4v) is 3.76. The number of halogens is 1. The Balaban J connectivity index is 1.96. The number of para-hydroxylation sites is 2. The molecule has 2 N–H and O–H groups in total. The predicted octanol–water partition coefficient (Wildman–Crippen LogP) is 4.61. The number of ether oxygens (including phenoxy) is 1. The molecule has 8 heteroatoms. The summed E-state index contributed by atoms with van der Waals surface area (Å²) in [5, 5.41) is 10.1. The van der Waals surface area contributed by atoms with Gasteiger partial charge in [-0.3, -0.25) is 9.71 Å². The van der Waals surface area contributed by atoms with Gasteiger partial charge in [-0.25, -0.2) is 8.42 Å². The minimum atomic E-state index is -3.89. The third kappa shape index (κ3) is 4.44. The van der Waals surface area contributed by atoms with Crippen LogP contribution in [0.3, 0.4) is 0 Å². The highest BCUT2D eigenvalue weighted by molar-refractivity contribution is 7.92. The van der Waals surface area contributed by atoms with Crippen LogP contribution in [0.1, 0.15) is 5.56 Å². The summed E-state index contributed by atoms with van der Waals surface area (Å²) in [5.41, 5.74) is 1.07. The minimum absolute atomic E-state index is 0.00217. The molecule has 6 nitrogen and oxygen atoms in total. The van der Waals surface area contributed by atoms with Crippen molar-refractivity contribution in [3.63, 3.8) is 0 Å². The lowest BCUT2D eigenvalue weighted by Gasteiger charge is -2.11. The summed E-state index contributed by atoms with van der Waals surface area (Å²) in [6, 6.07) is 17.5. The second kappa shape index (κ2) is 8.33. The summed E-state index contributed by atoms with van der Waals surface area (Å²) in [6.07, 6.45) is 1.44. The van der Waals surface area contributed by atoms with Gasteiger partial charge in [-0.15, -0.1) is 0 Å². The Morgan fingerprint density at radius 1 is 1.07 bits per heavy atom. The summed E-state index contributed by atoms with van der Waals surface area (Å²) in [5.74, 6) is 0.456. The van der Waals surface area contributed by atoms with E-state index in [9.17, 15) is 13.5 Å². The van der Waals surface area contributed by atoms with Crippen LogP contribution < -0.4 is 9.46 Å². The maximum absolute atomic E-state index is 12.7. The van der Waals surface area contributed by atoms with Gasteiger partial charge in [-0.05, 0) is 42.5 Å². The summed E-state index contributed by atoms with van der Waals surface area (Å²) >= 11 is 6.03. The molecular formula is C20H17ClN2O4S. The number of anilines is 1. The summed E-state index contributed by atoms with van der Waals surface area (Å²) in [4.78, 5) is 4.28. The molecule has 0 saturated heterocycles. The van der Waals surface area contributed by atoms with E-state index >= 15 is 0 Å². The molecule has 0 spiro atoms. The number of nitrogens with zero attached hydrogens (tertiary/aromatic N) is 1. The van der Waals surface area contributed by atoms with Crippen molar-refractivity contribution >= 4 is 39.2 Å². The lowest BCUT2D eigenvalue weighted by atomic mass is 10.2. The van der Waals surface area contributed by atoms with Crippen molar-refractivity contribution in [2.24, 2.45) is 4.99 Å². The standard InChI is InChI=1S/C20H17ClN2O4S/c1-27-20-11-10-15(28(25,26)23-17-8-4-3-7-16(17)21)12-18(20)22-13-14-6-2-5-9-19(14)24/h2-13,23-24H,1H3. The van der Waals surface area contributed by atoms with E-state index in [4.69, 9.17) is 16.3 Å². The van der Waals surface area contributed by atoms with Gasteiger partial charge in [0.1, 0.15) is 17.2 Å². The van der Waals surface area contributed by atoms with Crippen LogP contribution in [0.2, 0.25) is 5.02 Å². The van der Waals surface area contributed by atoms with E-state index in [1.54, 1.807) is 42.5 Å². The van der Waals surface area contributed by atoms with E-state index in [0.717, 1.165) is 0 Å². The van der Waals surface area contributed by atoms with Crippen LogP contribution in [0.5, 0.6) is 11.5 Å². The SMILES string of the molecule is COc1ccc(S(=O)(=O)Nc2ccccc2Cl)cc1N=Cc1ccccc1O. The van der Waals surface area contributed by atoms with E-state index < -0.39 is 10.0 Å². The maximum Gasteiger partial charge on any atom is 0.262 e. The lowest BCUT2D eigenvalue weighted by molar-refractivity contribution is 0.416. The number of hydrogen-bond donors (Lipinski definition) is 2. The quantitative estimate of drug-likeness (QED) is 0.574. The average molecular weight is 417 g/mol. The molecule has 0 aliphatic carbocycles. The Hall–Kier alpha value is -3.03. The molecule has 0 amide bonds. The third-order valence-electron chi connectivity index (χ3n) is 3.86. The van der Waals surface area contributed by atoms with Crippen LogP contribution in [-0.2, 0) is 10.0 Å². The van der Waals surface area contributed by atoms with Gasteiger partial charge in [0.05, 0.1) is 22.7 Å². The molecule has 0 aliphatic heterocycles. The van der Waals surface area contributed by atoms with Crippen LogP contribution in [0.25, 0.3) is 0 Å². The number of benzene rings is 3. The molecular weight excluding hydrogens is 400 g/mol. The first kappa shape index (κ1) is 19.7. The lowest BCUT2D eigenvalue weighted by Crippen LogP contribution is -2.13. The van der Waals surface area contributed by atoms with Gasteiger partial charge in [0.15, 0.2) is 0 Å². The van der Waals surface area contributed by atoms with Crippen LogP contribution in [0.4, 0.5) is 11.4 Å². The molecule has 0 bridgehead atoms. The van der Waals surface area contributed by atoms with Crippen molar-refractivity contribution in [3.05, 3.63) is 77.3 Å². The third-order valence-corrected chi connectivity index (χ3v) is 5.55. The largest absolute Gasteiger partial charge is 0.507 e. The summed E-state index contributed by atoms with van der Waals surface area (Å²) < 4.78 is 33.2. The van der Waals surface area contributed by atoms with Gasteiger partial charge in [-0.1, -0.05) is 35.9 Å². The van der Waals surface area contributed by atoms with Gasteiger partial charge >= 0.3 is 0 Å². The molecule has 3 aromatic carbocycles. The topological polar surface area (TPSA) is 88.0 Å². The van der Waals surface area contributed by atoms with E-state index in [2.05, 4.69) is 9.71 Å². The van der Waals surface area contributed by atoms with Crippen molar-refractivity contribution in [1.82, 2.24) is 0 Å². The zero-order chi connectivity index (χ0) is 20.1.